The van der Waals surface area contributed by atoms with Crippen molar-refractivity contribution in [2.24, 2.45) is 10.7 Å². The van der Waals surface area contributed by atoms with Crippen LogP contribution < -0.4 is 35.6 Å². The first-order valence-electron chi connectivity index (χ1n) is 9.19. The molecule has 10 heteroatoms. The largest absolute Gasteiger partial charge is 0.486 e. The van der Waals surface area contributed by atoms with E-state index in [1.54, 1.807) is 42.7 Å². The Bertz CT molecular complexity index is 1330. The van der Waals surface area contributed by atoms with Crippen molar-refractivity contribution in [1.29, 1.82) is 0 Å². The molecule has 30 heavy (non-hydrogen) atoms. The minimum absolute atomic E-state index is 0.0933. The fourth-order valence-corrected chi connectivity index (χ4v) is 4.38. The number of fused-ring (bicyclic) bond motifs is 2. The van der Waals surface area contributed by atoms with Gasteiger partial charge in [0.2, 0.25) is 5.55 Å². The Morgan fingerprint density at radius 1 is 1.00 bits per heavy atom. The van der Waals surface area contributed by atoms with E-state index in [-0.39, 0.29) is 4.90 Å². The van der Waals surface area contributed by atoms with Crippen molar-refractivity contribution in [2.75, 3.05) is 29.5 Å². The average Bonchev–Trinajstić information content (AvgIpc) is 3.24. The highest BCUT2D eigenvalue weighted by atomic mass is 32.2. The average molecular weight is 426 g/mol. The molecule has 9 nitrogen and oxygen atoms in total. The van der Waals surface area contributed by atoms with E-state index in [1.807, 2.05) is 4.90 Å². The molecule has 0 saturated carbocycles. The number of furan rings is 1. The number of nitrogens with zero attached hydrogens (tertiary/aromatic N) is 2. The fraction of sp³-hybridized carbons (Fsp3) is 0.150. The summed E-state index contributed by atoms with van der Waals surface area (Å²) >= 11 is 0. The summed E-state index contributed by atoms with van der Waals surface area (Å²) in [5.74, 6) is 1.47. The Balaban J connectivity index is 1.37. The second-order valence-electron chi connectivity index (χ2n) is 6.71. The second kappa shape index (κ2) is 6.99. The monoisotopic (exact) mass is 426 g/mol. The molecule has 0 radical (unpaired) electrons. The van der Waals surface area contributed by atoms with Crippen molar-refractivity contribution in [3.63, 3.8) is 0 Å². The van der Waals surface area contributed by atoms with Crippen LogP contribution in [0.4, 0.5) is 11.4 Å². The van der Waals surface area contributed by atoms with E-state index in [4.69, 9.17) is 19.6 Å². The first kappa shape index (κ1) is 18.4. The maximum absolute atomic E-state index is 12.8. The molecule has 5 rings (SSSR count). The van der Waals surface area contributed by atoms with Gasteiger partial charge in [0.1, 0.15) is 25.7 Å². The third-order valence-corrected chi connectivity index (χ3v) is 6.20. The number of benzene rings is 2. The predicted molar refractivity (Wildman–Crippen MR) is 109 cm³/mol. The topological polar surface area (TPSA) is 119 Å². The molecular formula is C20H18N4O5S. The molecule has 2 aliphatic heterocycles. The third-order valence-electron chi connectivity index (χ3n) is 4.82. The van der Waals surface area contributed by atoms with Crippen molar-refractivity contribution in [1.82, 2.24) is 0 Å². The molecule has 0 aliphatic carbocycles. The summed E-state index contributed by atoms with van der Waals surface area (Å²) in [6.45, 7) is 1.14. The molecule has 2 aromatic carbocycles. The van der Waals surface area contributed by atoms with E-state index in [1.165, 1.54) is 12.1 Å². The smallest absolute Gasteiger partial charge is 0.262 e. The number of rotatable bonds is 4. The number of nitrogens with two attached hydrogens (primary N) is 1. The zero-order valence-electron chi connectivity index (χ0n) is 15.7. The Morgan fingerprint density at radius 2 is 1.77 bits per heavy atom. The Morgan fingerprint density at radius 3 is 2.57 bits per heavy atom. The fourth-order valence-electron chi connectivity index (χ4n) is 3.31. The summed E-state index contributed by atoms with van der Waals surface area (Å²) in [5, 5.41) is 0.727. The highest BCUT2D eigenvalue weighted by Gasteiger charge is 2.20. The van der Waals surface area contributed by atoms with Crippen LogP contribution in [0.5, 0.6) is 11.5 Å². The van der Waals surface area contributed by atoms with Crippen molar-refractivity contribution in [3.05, 3.63) is 65.6 Å². The zero-order valence-corrected chi connectivity index (χ0v) is 16.6. The summed E-state index contributed by atoms with van der Waals surface area (Å²) in [6, 6.07) is 13.2. The highest BCUT2D eigenvalue weighted by Crippen LogP contribution is 2.33. The van der Waals surface area contributed by atoms with Crippen LogP contribution in [0.1, 0.15) is 0 Å². The summed E-state index contributed by atoms with van der Waals surface area (Å²) in [5.41, 5.74) is 7.94. The van der Waals surface area contributed by atoms with Gasteiger partial charge in [0.05, 0.1) is 16.4 Å². The molecule has 0 saturated heterocycles. The Hall–Kier alpha value is -3.66. The lowest BCUT2D eigenvalue weighted by molar-refractivity contribution is 0.171. The van der Waals surface area contributed by atoms with Gasteiger partial charge >= 0.3 is 0 Å². The number of anilines is 2. The lowest BCUT2D eigenvalue weighted by Gasteiger charge is -2.24. The van der Waals surface area contributed by atoms with E-state index in [0.717, 1.165) is 10.9 Å². The molecule has 0 fully saturated rings. The van der Waals surface area contributed by atoms with Gasteiger partial charge in [0.25, 0.3) is 10.0 Å². The van der Waals surface area contributed by atoms with Gasteiger partial charge in [-0.2, -0.15) is 0 Å². The van der Waals surface area contributed by atoms with Gasteiger partial charge in [0, 0.05) is 17.4 Å². The molecule has 0 bridgehead atoms. The Kier molecular flexibility index (Phi) is 4.28. The number of hydrogen-bond acceptors (Lipinski definition) is 8. The standard InChI is InChI=1S/C20H18N4O5S/c21-19-16-7-8-29-20(16)22-12-24(19)14-3-1-13(2-4-14)23-30(25,26)15-5-6-17-18(11-15)28-10-9-27-17/h1-8,11,23H,9-10,12,21H2. The summed E-state index contributed by atoms with van der Waals surface area (Å²) in [7, 11) is -3.79. The van der Waals surface area contributed by atoms with E-state index in [2.05, 4.69) is 9.71 Å². The SMILES string of the molecule is NC1=c2ccoc2=NCN1c1ccc(NS(=O)(=O)c2ccc3c(c2)OCCO3)cc1. The minimum Gasteiger partial charge on any atom is -0.486 e. The molecule has 0 atom stereocenters. The Labute approximate surface area is 172 Å². The highest BCUT2D eigenvalue weighted by molar-refractivity contribution is 7.92. The molecule has 2 aliphatic rings. The predicted octanol–water partition coefficient (Wildman–Crippen LogP) is 0.973. The van der Waals surface area contributed by atoms with Crippen LogP contribution in [0.2, 0.25) is 0 Å². The third kappa shape index (κ3) is 3.20. The van der Waals surface area contributed by atoms with Crippen LogP contribution in [0.3, 0.4) is 0 Å². The molecule has 3 heterocycles. The van der Waals surface area contributed by atoms with Crippen LogP contribution in [-0.4, -0.2) is 28.3 Å². The molecule has 0 amide bonds. The van der Waals surface area contributed by atoms with Crippen LogP contribution in [0.15, 0.2) is 69.1 Å². The lowest BCUT2D eigenvalue weighted by Crippen LogP contribution is -2.42. The molecule has 3 aromatic rings. The van der Waals surface area contributed by atoms with Crippen molar-refractivity contribution in [2.45, 2.75) is 4.90 Å². The first-order valence-corrected chi connectivity index (χ1v) is 10.7. The molecule has 3 N–H and O–H groups in total. The quantitative estimate of drug-likeness (QED) is 0.638. The number of ether oxygens (including phenoxy) is 2. The van der Waals surface area contributed by atoms with Gasteiger partial charge in [-0.3, -0.25) is 4.72 Å². The second-order valence-corrected chi connectivity index (χ2v) is 8.39. The van der Waals surface area contributed by atoms with Crippen LogP contribution >= 0.6 is 0 Å². The molecule has 0 spiro atoms. The summed E-state index contributed by atoms with van der Waals surface area (Å²) < 4.78 is 44.3. The van der Waals surface area contributed by atoms with Crippen molar-refractivity contribution in [3.8, 4) is 11.5 Å². The number of hydrogen-bond donors (Lipinski definition) is 2. The van der Waals surface area contributed by atoms with Gasteiger partial charge in [-0.1, -0.05) is 0 Å². The maximum Gasteiger partial charge on any atom is 0.262 e. The van der Waals surface area contributed by atoms with Crippen LogP contribution in [-0.2, 0) is 10.0 Å². The van der Waals surface area contributed by atoms with Crippen LogP contribution in [0, 0.1) is 0 Å². The van der Waals surface area contributed by atoms with Crippen LogP contribution in [0.25, 0.3) is 5.82 Å². The van der Waals surface area contributed by atoms with E-state index in [9.17, 15) is 8.42 Å². The molecule has 154 valence electrons. The van der Waals surface area contributed by atoms with E-state index < -0.39 is 10.0 Å². The van der Waals surface area contributed by atoms with Crippen molar-refractivity contribution < 1.29 is 22.3 Å². The summed E-state index contributed by atoms with van der Waals surface area (Å²) in [4.78, 5) is 6.25. The van der Waals surface area contributed by atoms with Gasteiger partial charge in [-0.05, 0) is 42.5 Å². The summed E-state index contributed by atoms with van der Waals surface area (Å²) in [6.07, 6.45) is 1.54. The van der Waals surface area contributed by atoms with Gasteiger partial charge in [-0.25, -0.2) is 13.4 Å². The van der Waals surface area contributed by atoms with Gasteiger partial charge in [-0.15, -0.1) is 0 Å². The molecular weight excluding hydrogens is 408 g/mol. The van der Waals surface area contributed by atoms with E-state index in [0.29, 0.717) is 48.4 Å². The molecule has 1 aromatic heterocycles. The van der Waals surface area contributed by atoms with E-state index >= 15 is 0 Å². The lowest BCUT2D eigenvalue weighted by atomic mass is 10.2. The minimum atomic E-state index is -3.79. The normalized spacial score (nSPS) is 15.3. The van der Waals surface area contributed by atoms with Gasteiger partial charge < -0.3 is 24.5 Å². The zero-order chi connectivity index (χ0) is 20.7. The number of sulfonamides is 1. The molecule has 0 unspecified atom stereocenters. The first-order chi connectivity index (χ1) is 14.5. The maximum atomic E-state index is 12.8. The number of nitrogens with one attached hydrogen (secondary N) is 1. The van der Waals surface area contributed by atoms with Gasteiger partial charge in [0.15, 0.2) is 11.5 Å². The van der Waals surface area contributed by atoms with Crippen molar-refractivity contribution >= 4 is 27.2 Å².